The number of nitrogens with zero attached hydrogens (tertiary/aromatic N) is 1. The van der Waals surface area contributed by atoms with E-state index in [1.165, 1.54) is 0 Å². The van der Waals surface area contributed by atoms with Crippen LogP contribution in [-0.2, 0) is 10.1 Å². The van der Waals surface area contributed by atoms with Gasteiger partial charge in [0.2, 0.25) is 0 Å². The highest BCUT2D eigenvalue weighted by Gasteiger charge is 2.42. The number of benzene rings is 1. The Morgan fingerprint density at radius 3 is 2.45 bits per heavy atom. The Hall–Kier alpha value is -1.74. The summed E-state index contributed by atoms with van der Waals surface area (Å²) in [5.74, 6) is 0.289. The second-order valence-corrected chi connectivity index (χ2v) is 6.48. The summed E-state index contributed by atoms with van der Waals surface area (Å²) in [7, 11) is -3.81. The van der Waals surface area contributed by atoms with E-state index in [1.54, 1.807) is 24.3 Å². The molecule has 0 unspecified atom stereocenters. The highest BCUT2D eigenvalue weighted by atomic mass is 32.2. The molecular formula is C14H17NO4S. The Balaban J connectivity index is 2.14. The summed E-state index contributed by atoms with van der Waals surface area (Å²) >= 11 is 0. The normalized spacial score (nSPS) is 16.8. The number of hydrogen-bond donors (Lipinski definition) is 0. The minimum absolute atomic E-state index is 0.168. The molecule has 0 N–H and O–H groups in total. The summed E-state index contributed by atoms with van der Waals surface area (Å²) in [5, 5.41) is 9.11. The van der Waals surface area contributed by atoms with Gasteiger partial charge in [-0.25, -0.2) is 0 Å². The van der Waals surface area contributed by atoms with Gasteiger partial charge in [-0.3, -0.25) is 0 Å². The van der Waals surface area contributed by atoms with Crippen molar-refractivity contribution >= 4 is 10.1 Å². The molecule has 108 valence electrons. The first-order valence-corrected chi connectivity index (χ1v) is 8.13. The fraction of sp³-hybridized carbons (Fsp3) is 0.500. The number of para-hydroxylation sites is 2. The first-order valence-electron chi connectivity index (χ1n) is 6.55. The van der Waals surface area contributed by atoms with Crippen molar-refractivity contribution in [1.82, 2.24) is 0 Å². The Morgan fingerprint density at radius 1 is 1.30 bits per heavy atom. The zero-order valence-corrected chi connectivity index (χ0v) is 12.1. The van der Waals surface area contributed by atoms with Gasteiger partial charge in [0.05, 0.1) is 18.1 Å². The van der Waals surface area contributed by atoms with Crippen molar-refractivity contribution in [2.75, 3.05) is 12.4 Å². The molecule has 6 heteroatoms. The van der Waals surface area contributed by atoms with E-state index in [-0.39, 0.29) is 11.5 Å². The molecule has 1 fully saturated rings. The van der Waals surface area contributed by atoms with Gasteiger partial charge in [0.1, 0.15) is 5.75 Å². The van der Waals surface area contributed by atoms with E-state index in [0.717, 1.165) is 6.42 Å². The van der Waals surface area contributed by atoms with Crippen LogP contribution in [0.1, 0.15) is 26.2 Å². The summed E-state index contributed by atoms with van der Waals surface area (Å²) in [4.78, 5) is 0. The standard InChI is InChI=1S/C14H17NO4S/c1-2-18-12-6-3-4-7-13(12)19-20(16,17)11-14(10-15)8-5-9-14/h3-4,6-7H,2,5,8-9,11H2,1H3. The molecular weight excluding hydrogens is 278 g/mol. The van der Waals surface area contributed by atoms with Gasteiger partial charge < -0.3 is 8.92 Å². The molecule has 0 heterocycles. The van der Waals surface area contributed by atoms with Crippen LogP contribution in [0.5, 0.6) is 11.5 Å². The summed E-state index contributed by atoms with van der Waals surface area (Å²) in [6.45, 7) is 2.23. The first kappa shape index (κ1) is 14.7. The van der Waals surface area contributed by atoms with Crippen LogP contribution in [0, 0.1) is 16.7 Å². The molecule has 0 radical (unpaired) electrons. The molecule has 0 bridgehead atoms. The molecule has 0 spiro atoms. The molecule has 20 heavy (non-hydrogen) atoms. The van der Waals surface area contributed by atoms with Crippen LogP contribution in [0.25, 0.3) is 0 Å². The Morgan fingerprint density at radius 2 is 1.95 bits per heavy atom. The number of nitriles is 1. The Labute approximate surface area is 119 Å². The zero-order chi connectivity index (χ0) is 14.6. The van der Waals surface area contributed by atoms with Crippen LogP contribution in [0.3, 0.4) is 0 Å². The summed E-state index contributed by atoms with van der Waals surface area (Å²) in [5.41, 5.74) is -0.778. The molecule has 1 aliphatic carbocycles. The summed E-state index contributed by atoms with van der Waals surface area (Å²) in [6.07, 6.45) is 2.11. The maximum absolute atomic E-state index is 12.1. The fourth-order valence-corrected chi connectivity index (χ4v) is 3.69. The number of hydrogen-bond acceptors (Lipinski definition) is 5. The molecule has 1 aromatic carbocycles. The van der Waals surface area contributed by atoms with Crippen LogP contribution in [0.15, 0.2) is 24.3 Å². The monoisotopic (exact) mass is 295 g/mol. The van der Waals surface area contributed by atoms with Crippen molar-refractivity contribution in [3.63, 3.8) is 0 Å². The third-order valence-corrected chi connectivity index (χ3v) is 4.71. The van der Waals surface area contributed by atoms with Gasteiger partial charge in [-0.15, -0.1) is 0 Å². The second-order valence-electron chi connectivity index (χ2n) is 4.91. The lowest BCUT2D eigenvalue weighted by molar-refractivity contribution is 0.242. The van der Waals surface area contributed by atoms with E-state index in [0.29, 0.717) is 25.2 Å². The van der Waals surface area contributed by atoms with Crippen molar-refractivity contribution in [3.05, 3.63) is 24.3 Å². The molecule has 2 rings (SSSR count). The lowest BCUT2D eigenvalue weighted by Crippen LogP contribution is -2.36. The van der Waals surface area contributed by atoms with Gasteiger partial charge in [-0.2, -0.15) is 13.7 Å². The van der Waals surface area contributed by atoms with Gasteiger partial charge >= 0.3 is 10.1 Å². The van der Waals surface area contributed by atoms with E-state index in [2.05, 4.69) is 6.07 Å². The van der Waals surface area contributed by atoms with Gasteiger partial charge in [0.15, 0.2) is 11.5 Å². The zero-order valence-electron chi connectivity index (χ0n) is 11.3. The number of rotatable bonds is 6. The maximum Gasteiger partial charge on any atom is 0.310 e. The molecule has 0 atom stereocenters. The van der Waals surface area contributed by atoms with E-state index < -0.39 is 15.5 Å². The minimum atomic E-state index is -3.81. The van der Waals surface area contributed by atoms with E-state index >= 15 is 0 Å². The Bertz CT molecular complexity index is 614. The van der Waals surface area contributed by atoms with Crippen molar-refractivity contribution in [3.8, 4) is 17.6 Å². The smallest absolute Gasteiger partial charge is 0.310 e. The quantitative estimate of drug-likeness (QED) is 0.754. The van der Waals surface area contributed by atoms with Crippen LogP contribution in [0.4, 0.5) is 0 Å². The summed E-state index contributed by atoms with van der Waals surface area (Å²) in [6, 6.07) is 8.72. The minimum Gasteiger partial charge on any atom is -0.490 e. The predicted octanol–water partition coefficient (Wildman–Crippen LogP) is 2.49. The van der Waals surface area contributed by atoms with E-state index in [1.807, 2.05) is 6.92 Å². The van der Waals surface area contributed by atoms with Gasteiger partial charge in [0.25, 0.3) is 0 Å². The van der Waals surface area contributed by atoms with Crippen LogP contribution in [0.2, 0.25) is 0 Å². The molecule has 0 amide bonds. The molecule has 0 aromatic heterocycles. The lowest BCUT2D eigenvalue weighted by Gasteiger charge is -2.34. The van der Waals surface area contributed by atoms with E-state index in [4.69, 9.17) is 14.2 Å². The highest BCUT2D eigenvalue weighted by molar-refractivity contribution is 7.87. The van der Waals surface area contributed by atoms with Gasteiger partial charge in [-0.1, -0.05) is 18.6 Å². The van der Waals surface area contributed by atoms with Crippen molar-refractivity contribution < 1.29 is 17.3 Å². The average Bonchev–Trinajstić information content (AvgIpc) is 2.36. The van der Waals surface area contributed by atoms with Crippen molar-refractivity contribution in [2.24, 2.45) is 5.41 Å². The second kappa shape index (κ2) is 5.71. The summed E-state index contributed by atoms with van der Waals surface area (Å²) < 4.78 is 34.6. The predicted molar refractivity (Wildman–Crippen MR) is 73.9 cm³/mol. The lowest BCUT2D eigenvalue weighted by atomic mass is 9.72. The third-order valence-electron chi connectivity index (χ3n) is 3.37. The van der Waals surface area contributed by atoms with Crippen LogP contribution >= 0.6 is 0 Å². The topological polar surface area (TPSA) is 76.4 Å². The fourth-order valence-electron chi connectivity index (χ4n) is 2.19. The molecule has 1 saturated carbocycles. The van der Waals surface area contributed by atoms with Gasteiger partial charge in [0, 0.05) is 0 Å². The van der Waals surface area contributed by atoms with Gasteiger partial charge in [-0.05, 0) is 31.9 Å². The average molecular weight is 295 g/mol. The van der Waals surface area contributed by atoms with Crippen molar-refractivity contribution in [1.29, 1.82) is 5.26 Å². The largest absolute Gasteiger partial charge is 0.490 e. The Kier molecular flexibility index (Phi) is 4.19. The van der Waals surface area contributed by atoms with Crippen molar-refractivity contribution in [2.45, 2.75) is 26.2 Å². The molecule has 1 aromatic rings. The molecule has 1 aliphatic rings. The maximum atomic E-state index is 12.1. The SMILES string of the molecule is CCOc1ccccc1OS(=O)(=O)CC1(C#N)CCC1. The first-order chi connectivity index (χ1) is 9.50. The van der Waals surface area contributed by atoms with Crippen LogP contribution < -0.4 is 8.92 Å². The molecule has 0 aliphatic heterocycles. The molecule has 5 nitrogen and oxygen atoms in total. The van der Waals surface area contributed by atoms with E-state index in [9.17, 15) is 8.42 Å². The van der Waals surface area contributed by atoms with Crippen LogP contribution in [-0.4, -0.2) is 20.8 Å². The molecule has 0 saturated heterocycles. The highest BCUT2D eigenvalue weighted by Crippen LogP contribution is 2.42. The number of ether oxygens (including phenoxy) is 1. The third kappa shape index (κ3) is 3.23.